The van der Waals surface area contributed by atoms with Crippen molar-refractivity contribution in [3.05, 3.63) is 45.8 Å². The number of halogens is 2. The summed E-state index contributed by atoms with van der Waals surface area (Å²) in [5.41, 5.74) is 7.39. The molecular weight excluding hydrogens is 316 g/mol. The maximum Gasteiger partial charge on any atom is 0.224 e. The van der Waals surface area contributed by atoms with Gasteiger partial charge in [-0.2, -0.15) is 4.98 Å². The number of aromatic nitrogens is 2. The van der Waals surface area contributed by atoms with Crippen LogP contribution >= 0.6 is 27.5 Å². The SMILES string of the molecule is CC(Nc1nc(Cl)ncc1N)c1ccc(Br)cc1. The third-order valence-electron chi connectivity index (χ3n) is 2.51. The molecule has 2 rings (SSSR count). The Morgan fingerprint density at radius 1 is 1.33 bits per heavy atom. The standard InChI is InChI=1S/C12H12BrClN4/c1-7(8-2-4-9(13)5-3-8)17-11-10(15)6-16-12(14)18-11/h2-7H,15H2,1H3,(H,16,17,18). The Kier molecular flexibility index (Phi) is 4.04. The number of nitrogen functional groups attached to an aromatic ring is 1. The Morgan fingerprint density at radius 2 is 2.00 bits per heavy atom. The maximum atomic E-state index is 5.79. The predicted octanol–water partition coefficient (Wildman–Crippen LogP) is 3.65. The van der Waals surface area contributed by atoms with Crippen LogP contribution in [0.25, 0.3) is 0 Å². The van der Waals surface area contributed by atoms with E-state index in [1.807, 2.05) is 31.2 Å². The molecule has 0 aliphatic rings. The van der Waals surface area contributed by atoms with Crippen LogP contribution in [-0.2, 0) is 0 Å². The third kappa shape index (κ3) is 3.11. The Labute approximate surface area is 119 Å². The number of nitrogens with one attached hydrogen (secondary N) is 1. The lowest BCUT2D eigenvalue weighted by atomic mass is 10.1. The van der Waals surface area contributed by atoms with Gasteiger partial charge in [-0.25, -0.2) is 4.98 Å². The minimum absolute atomic E-state index is 0.0753. The lowest BCUT2D eigenvalue weighted by Crippen LogP contribution is -2.10. The van der Waals surface area contributed by atoms with E-state index >= 15 is 0 Å². The molecule has 0 spiro atoms. The molecule has 0 saturated carbocycles. The summed E-state index contributed by atoms with van der Waals surface area (Å²) in [5, 5.41) is 3.39. The molecule has 0 aliphatic heterocycles. The van der Waals surface area contributed by atoms with Gasteiger partial charge in [0.1, 0.15) is 0 Å². The van der Waals surface area contributed by atoms with Crippen LogP contribution in [0.2, 0.25) is 5.28 Å². The van der Waals surface area contributed by atoms with Crippen molar-refractivity contribution in [2.75, 3.05) is 11.1 Å². The Hall–Kier alpha value is -1.33. The smallest absolute Gasteiger partial charge is 0.224 e. The summed E-state index contributed by atoms with van der Waals surface area (Å²) in [7, 11) is 0. The van der Waals surface area contributed by atoms with E-state index in [4.69, 9.17) is 17.3 Å². The summed E-state index contributed by atoms with van der Waals surface area (Å²) in [6.07, 6.45) is 1.49. The highest BCUT2D eigenvalue weighted by Crippen LogP contribution is 2.23. The van der Waals surface area contributed by atoms with Crippen molar-refractivity contribution < 1.29 is 0 Å². The molecule has 1 unspecified atom stereocenters. The highest BCUT2D eigenvalue weighted by molar-refractivity contribution is 9.10. The van der Waals surface area contributed by atoms with Crippen LogP contribution in [0.3, 0.4) is 0 Å². The second-order valence-corrected chi connectivity index (χ2v) is 5.11. The van der Waals surface area contributed by atoms with E-state index in [0.29, 0.717) is 11.5 Å². The van der Waals surface area contributed by atoms with Gasteiger partial charge in [-0.3, -0.25) is 0 Å². The third-order valence-corrected chi connectivity index (χ3v) is 3.22. The fourth-order valence-corrected chi connectivity index (χ4v) is 1.92. The van der Waals surface area contributed by atoms with Gasteiger partial charge in [-0.05, 0) is 36.2 Å². The predicted molar refractivity (Wildman–Crippen MR) is 77.6 cm³/mol. The van der Waals surface area contributed by atoms with Crippen LogP contribution in [0.4, 0.5) is 11.5 Å². The van der Waals surface area contributed by atoms with E-state index < -0.39 is 0 Å². The Balaban J connectivity index is 2.18. The van der Waals surface area contributed by atoms with Crippen LogP contribution < -0.4 is 11.1 Å². The normalized spacial score (nSPS) is 12.2. The van der Waals surface area contributed by atoms with Crippen molar-refractivity contribution >= 4 is 39.0 Å². The van der Waals surface area contributed by atoms with E-state index in [0.717, 1.165) is 10.0 Å². The lowest BCUT2D eigenvalue weighted by molar-refractivity contribution is 0.873. The zero-order valence-electron chi connectivity index (χ0n) is 9.69. The van der Waals surface area contributed by atoms with E-state index in [1.165, 1.54) is 6.20 Å². The molecule has 3 N–H and O–H groups in total. The molecule has 2 aromatic rings. The summed E-state index contributed by atoms with van der Waals surface area (Å²) in [5.74, 6) is 0.547. The first-order chi connectivity index (χ1) is 8.56. The topological polar surface area (TPSA) is 63.8 Å². The first-order valence-electron chi connectivity index (χ1n) is 5.36. The molecule has 1 aromatic carbocycles. The van der Waals surface area contributed by atoms with Crippen LogP contribution in [0.5, 0.6) is 0 Å². The molecule has 0 fully saturated rings. The van der Waals surface area contributed by atoms with E-state index in [9.17, 15) is 0 Å². The number of hydrogen-bond donors (Lipinski definition) is 2. The molecule has 1 aromatic heterocycles. The quantitative estimate of drug-likeness (QED) is 0.845. The monoisotopic (exact) mass is 326 g/mol. The molecule has 0 saturated heterocycles. The molecule has 0 bridgehead atoms. The summed E-state index contributed by atoms with van der Waals surface area (Å²) < 4.78 is 1.04. The number of nitrogens with zero attached hydrogens (tertiary/aromatic N) is 2. The van der Waals surface area contributed by atoms with E-state index in [1.54, 1.807) is 0 Å². The van der Waals surface area contributed by atoms with Gasteiger partial charge in [-0.15, -0.1) is 0 Å². The molecule has 1 heterocycles. The number of anilines is 2. The van der Waals surface area contributed by atoms with Gasteiger partial charge in [-0.1, -0.05) is 28.1 Å². The summed E-state index contributed by atoms with van der Waals surface area (Å²) >= 11 is 9.15. The Bertz CT molecular complexity index is 544. The molecule has 0 amide bonds. The minimum atomic E-state index is 0.0753. The van der Waals surface area contributed by atoms with Gasteiger partial charge >= 0.3 is 0 Å². The Morgan fingerprint density at radius 3 is 2.67 bits per heavy atom. The van der Waals surface area contributed by atoms with E-state index in [-0.39, 0.29) is 11.3 Å². The van der Waals surface area contributed by atoms with Crippen LogP contribution in [0, 0.1) is 0 Å². The largest absolute Gasteiger partial charge is 0.394 e. The average Bonchev–Trinajstić information content (AvgIpc) is 2.34. The number of benzene rings is 1. The number of hydrogen-bond acceptors (Lipinski definition) is 4. The minimum Gasteiger partial charge on any atom is -0.394 e. The van der Waals surface area contributed by atoms with Crippen molar-refractivity contribution in [1.82, 2.24) is 9.97 Å². The van der Waals surface area contributed by atoms with Gasteiger partial charge in [0.15, 0.2) is 5.82 Å². The first kappa shape index (κ1) is 13.1. The maximum absolute atomic E-state index is 5.79. The molecule has 6 heteroatoms. The second-order valence-electron chi connectivity index (χ2n) is 3.86. The summed E-state index contributed by atoms with van der Waals surface area (Å²) in [6.45, 7) is 2.03. The van der Waals surface area contributed by atoms with Gasteiger partial charge in [0.2, 0.25) is 5.28 Å². The van der Waals surface area contributed by atoms with Crippen molar-refractivity contribution in [2.45, 2.75) is 13.0 Å². The van der Waals surface area contributed by atoms with Crippen LogP contribution in [0.1, 0.15) is 18.5 Å². The molecule has 0 aliphatic carbocycles. The number of rotatable bonds is 3. The average molecular weight is 328 g/mol. The van der Waals surface area contributed by atoms with Crippen molar-refractivity contribution in [2.24, 2.45) is 0 Å². The second kappa shape index (κ2) is 5.54. The summed E-state index contributed by atoms with van der Waals surface area (Å²) in [6, 6.07) is 8.11. The van der Waals surface area contributed by atoms with Gasteiger partial charge in [0.05, 0.1) is 17.9 Å². The summed E-state index contributed by atoms with van der Waals surface area (Å²) in [4.78, 5) is 7.88. The van der Waals surface area contributed by atoms with Crippen molar-refractivity contribution in [1.29, 1.82) is 0 Å². The van der Waals surface area contributed by atoms with E-state index in [2.05, 4.69) is 31.2 Å². The molecule has 4 nitrogen and oxygen atoms in total. The van der Waals surface area contributed by atoms with Gasteiger partial charge in [0, 0.05) is 4.47 Å². The number of nitrogens with two attached hydrogens (primary N) is 1. The zero-order chi connectivity index (χ0) is 13.1. The lowest BCUT2D eigenvalue weighted by Gasteiger charge is -2.16. The highest BCUT2D eigenvalue weighted by Gasteiger charge is 2.09. The highest BCUT2D eigenvalue weighted by atomic mass is 79.9. The van der Waals surface area contributed by atoms with Crippen molar-refractivity contribution in [3.8, 4) is 0 Å². The van der Waals surface area contributed by atoms with Gasteiger partial charge in [0.25, 0.3) is 0 Å². The van der Waals surface area contributed by atoms with Crippen LogP contribution in [0.15, 0.2) is 34.9 Å². The molecular formula is C12H12BrClN4. The molecule has 0 radical (unpaired) electrons. The molecule has 1 atom stereocenters. The van der Waals surface area contributed by atoms with Gasteiger partial charge < -0.3 is 11.1 Å². The van der Waals surface area contributed by atoms with Crippen molar-refractivity contribution in [3.63, 3.8) is 0 Å². The van der Waals surface area contributed by atoms with Crippen LogP contribution in [-0.4, -0.2) is 9.97 Å². The molecule has 94 valence electrons. The first-order valence-corrected chi connectivity index (χ1v) is 6.53. The fourth-order valence-electron chi connectivity index (χ4n) is 1.53. The zero-order valence-corrected chi connectivity index (χ0v) is 12.0. The fraction of sp³-hybridized carbons (Fsp3) is 0.167. The molecule has 18 heavy (non-hydrogen) atoms.